The minimum Gasteiger partial charge on any atom is -0.0610 e. The van der Waals surface area contributed by atoms with Gasteiger partial charge in [0.15, 0.2) is 0 Å². The van der Waals surface area contributed by atoms with Crippen LogP contribution in [0.2, 0.25) is 0 Å². The van der Waals surface area contributed by atoms with Crippen LogP contribution in [0.25, 0.3) is 76.8 Å². The SMILES string of the molecule is Cc1cc(C)cc(-c2ccc3c(c2)-c2cc4c(cc2C3(C)C)-c2ccc3ccc5cccc6cc-4c2c3c56)c1. The molecule has 7 aromatic rings. The van der Waals surface area contributed by atoms with Gasteiger partial charge in [0.1, 0.15) is 0 Å². The molecule has 0 heterocycles. The third kappa shape index (κ3) is 2.64. The fourth-order valence-corrected chi connectivity index (χ4v) is 7.85. The molecule has 2 aliphatic rings. The van der Waals surface area contributed by atoms with Crippen molar-refractivity contribution in [1.82, 2.24) is 0 Å². The Morgan fingerprint density at radius 3 is 1.92 bits per heavy atom. The summed E-state index contributed by atoms with van der Waals surface area (Å²) < 4.78 is 0. The Balaban J connectivity index is 1.34. The number of benzene rings is 7. The van der Waals surface area contributed by atoms with Gasteiger partial charge in [0.2, 0.25) is 0 Å². The first-order valence-corrected chi connectivity index (χ1v) is 14.0. The topological polar surface area (TPSA) is 0 Å². The maximum absolute atomic E-state index is 2.52. The van der Waals surface area contributed by atoms with E-state index in [0.717, 1.165) is 0 Å². The molecule has 0 spiro atoms. The molecule has 0 heteroatoms. The molecule has 0 radical (unpaired) electrons. The summed E-state index contributed by atoms with van der Waals surface area (Å²) in [5.74, 6) is 0. The Morgan fingerprint density at radius 2 is 1.10 bits per heavy atom. The summed E-state index contributed by atoms with van der Waals surface area (Å²) in [7, 11) is 0. The van der Waals surface area contributed by atoms with Gasteiger partial charge in [-0.3, -0.25) is 0 Å². The average molecular weight is 497 g/mol. The summed E-state index contributed by atoms with van der Waals surface area (Å²) >= 11 is 0. The van der Waals surface area contributed by atoms with Crippen molar-refractivity contribution in [2.45, 2.75) is 33.1 Å². The molecule has 0 nitrogen and oxygen atoms in total. The second-order valence-electron chi connectivity index (χ2n) is 12.4. The maximum atomic E-state index is 2.52. The highest BCUT2D eigenvalue weighted by molar-refractivity contribution is 6.32. The zero-order chi connectivity index (χ0) is 26.2. The smallest absolute Gasteiger partial charge is 0.0159 e. The summed E-state index contributed by atoms with van der Waals surface area (Å²) in [6.07, 6.45) is 0. The predicted molar refractivity (Wildman–Crippen MR) is 167 cm³/mol. The lowest BCUT2D eigenvalue weighted by Gasteiger charge is -2.22. The number of rotatable bonds is 1. The highest BCUT2D eigenvalue weighted by atomic mass is 14.4. The number of hydrogen-bond donors (Lipinski definition) is 0. The Hall–Kier alpha value is -4.42. The van der Waals surface area contributed by atoms with Crippen LogP contribution in [-0.2, 0) is 5.41 Å². The maximum Gasteiger partial charge on any atom is 0.0159 e. The zero-order valence-electron chi connectivity index (χ0n) is 22.7. The number of aryl methyl sites for hydroxylation is 2. The summed E-state index contributed by atoms with van der Waals surface area (Å²) in [6.45, 7) is 9.17. The van der Waals surface area contributed by atoms with E-state index < -0.39 is 0 Å². The first kappa shape index (κ1) is 21.5. The molecule has 0 saturated heterocycles. The molecule has 0 atom stereocenters. The molecule has 2 aliphatic carbocycles. The van der Waals surface area contributed by atoms with Crippen LogP contribution in [0.3, 0.4) is 0 Å². The minimum absolute atomic E-state index is 0.0410. The fourth-order valence-electron chi connectivity index (χ4n) is 7.85. The first-order valence-electron chi connectivity index (χ1n) is 14.0. The van der Waals surface area contributed by atoms with Gasteiger partial charge in [0, 0.05) is 5.41 Å². The van der Waals surface area contributed by atoms with E-state index in [9.17, 15) is 0 Å². The molecule has 0 unspecified atom stereocenters. The molecule has 0 N–H and O–H groups in total. The second kappa shape index (κ2) is 6.96. The fraction of sp³-hybridized carbons (Fsp3) is 0.128. The highest BCUT2D eigenvalue weighted by Crippen LogP contribution is 2.57. The molecular weight excluding hydrogens is 468 g/mol. The third-order valence-electron chi connectivity index (χ3n) is 9.58. The third-order valence-corrected chi connectivity index (χ3v) is 9.58. The van der Waals surface area contributed by atoms with Gasteiger partial charge >= 0.3 is 0 Å². The van der Waals surface area contributed by atoms with Gasteiger partial charge in [0.05, 0.1) is 0 Å². The number of hydrogen-bond acceptors (Lipinski definition) is 0. The summed E-state index contributed by atoms with van der Waals surface area (Å²) in [4.78, 5) is 0. The summed E-state index contributed by atoms with van der Waals surface area (Å²) in [5, 5.41) is 8.26. The van der Waals surface area contributed by atoms with Crippen LogP contribution in [-0.4, -0.2) is 0 Å². The lowest BCUT2D eigenvalue weighted by atomic mass is 9.81. The molecule has 0 saturated carbocycles. The van der Waals surface area contributed by atoms with Crippen molar-refractivity contribution in [2.24, 2.45) is 0 Å². The van der Waals surface area contributed by atoms with Crippen LogP contribution in [0.4, 0.5) is 0 Å². The lowest BCUT2D eigenvalue weighted by Crippen LogP contribution is -2.15. The van der Waals surface area contributed by atoms with Gasteiger partial charge in [-0.15, -0.1) is 0 Å². The van der Waals surface area contributed by atoms with Gasteiger partial charge in [-0.05, 0) is 126 Å². The average Bonchev–Trinajstić information content (AvgIpc) is 3.36. The van der Waals surface area contributed by atoms with E-state index in [2.05, 4.69) is 125 Å². The quantitative estimate of drug-likeness (QED) is 0.198. The molecule has 9 rings (SSSR count). The van der Waals surface area contributed by atoms with E-state index >= 15 is 0 Å². The first-order chi connectivity index (χ1) is 18.9. The Kier molecular flexibility index (Phi) is 3.84. The van der Waals surface area contributed by atoms with Crippen molar-refractivity contribution >= 4 is 32.3 Å². The molecule has 0 aromatic heterocycles. The monoisotopic (exact) mass is 496 g/mol. The standard InChI is InChI=1S/C39H28/c1-21-14-22(2)16-27(15-21)25-11-13-34-31(17-25)32-19-29-30(20-35(32)39(34,3)4)28-12-10-24-9-8-23-6-5-7-26-18-33(29)38(28)37(24)36(23)26/h5-20H,1-4H3. The molecule has 184 valence electrons. The van der Waals surface area contributed by atoms with Crippen LogP contribution in [0.5, 0.6) is 0 Å². The van der Waals surface area contributed by atoms with Crippen LogP contribution in [0, 0.1) is 13.8 Å². The Labute approximate surface area is 228 Å². The molecule has 0 amide bonds. The van der Waals surface area contributed by atoms with Crippen LogP contribution >= 0.6 is 0 Å². The van der Waals surface area contributed by atoms with Crippen molar-refractivity contribution in [3.8, 4) is 44.5 Å². The van der Waals surface area contributed by atoms with E-state index in [-0.39, 0.29) is 5.41 Å². The van der Waals surface area contributed by atoms with Gasteiger partial charge < -0.3 is 0 Å². The largest absolute Gasteiger partial charge is 0.0610 e. The summed E-state index contributed by atoms with van der Waals surface area (Å²) in [6, 6.07) is 37.5. The Morgan fingerprint density at radius 1 is 0.410 bits per heavy atom. The second-order valence-corrected chi connectivity index (χ2v) is 12.4. The van der Waals surface area contributed by atoms with Gasteiger partial charge in [-0.2, -0.15) is 0 Å². The lowest BCUT2D eigenvalue weighted by molar-refractivity contribution is 0.661. The van der Waals surface area contributed by atoms with Crippen molar-refractivity contribution in [3.05, 3.63) is 119 Å². The van der Waals surface area contributed by atoms with Crippen molar-refractivity contribution in [2.75, 3.05) is 0 Å². The van der Waals surface area contributed by atoms with E-state index in [0.29, 0.717) is 0 Å². The van der Waals surface area contributed by atoms with Crippen molar-refractivity contribution < 1.29 is 0 Å². The molecule has 0 fully saturated rings. The van der Waals surface area contributed by atoms with Crippen molar-refractivity contribution in [3.63, 3.8) is 0 Å². The van der Waals surface area contributed by atoms with E-state index in [1.165, 1.54) is 99.1 Å². The van der Waals surface area contributed by atoms with E-state index in [4.69, 9.17) is 0 Å². The van der Waals surface area contributed by atoms with E-state index in [1.54, 1.807) is 0 Å². The van der Waals surface area contributed by atoms with Crippen LogP contribution in [0.1, 0.15) is 36.1 Å². The van der Waals surface area contributed by atoms with Crippen LogP contribution in [0.15, 0.2) is 97.1 Å². The van der Waals surface area contributed by atoms with Gasteiger partial charge in [-0.1, -0.05) is 97.8 Å². The molecule has 0 aliphatic heterocycles. The summed E-state index contributed by atoms with van der Waals surface area (Å²) in [5.41, 5.74) is 16.4. The molecular formula is C39H28. The zero-order valence-corrected chi connectivity index (χ0v) is 22.7. The molecule has 7 aromatic carbocycles. The highest BCUT2D eigenvalue weighted by Gasteiger charge is 2.38. The minimum atomic E-state index is -0.0410. The van der Waals surface area contributed by atoms with E-state index in [1.807, 2.05) is 0 Å². The number of fused-ring (bicyclic) bond motifs is 6. The Bertz CT molecular complexity index is 2190. The van der Waals surface area contributed by atoms with Gasteiger partial charge in [-0.25, -0.2) is 0 Å². The molecule has 0 bridgehead atoms. The predicted octanol–water partition coefficient (Wildman–Crippen LogP) is 10.8. The van der Waals surface area contributed by atoms with Crippen LogP contribution < -0.4 is 0 Å². The normalized spacial score (nSPS) is 14.4. The van der Waals surface area contributed by atoms with Crippen molar-refractivity contribution in [1.29, 1.82) is 0 Å². The van der Waals surface area contributed by atoms with Gasteiger partial charge in [0.25, 0.3) is 0 Å². The molecule has 39 heavy (non-hydrogen) atoms.